The standard InChI is InChI=1S/C28H51N3O6/c1-15-36-24(34)18(4)16-19(17(2)3)29-22(32)20(26(5,6)7)30-23(33)21(27(8,9)10)31(14)25(35)37-28(11,12)13/h16-17,19-21H,15H2,1-14H3,(H,29,32)(H,30,33)/b18-16+/t19-,20-,21-/m1/s1. The number of esters is 1. The van der Waals surface area contributed by atoms with Crippen LogP contribution in [-0.4, -0.2) is 66.2 Å². The van der Waals surface area contributed by atoms with E-state index in [1.54, 1.807) is 40.7 Å². The van der Waals surface area contributed by atoms with E-state index in [9.17, 15) is 19.2 Å². The Labute approximate surface area is 224 Å². The molecule has 0 aromatic heterocycles. The van der Waals surface area contributed by atoms with Crippen LogP contribution in [0.1, 0.15) is 90.0 Å². The maximum atomic E-state index is 13.6. The predicted octanol–water partition coefficient (Wildman–Crippen LogP) is 4.45. The summed E-state index contributed by atoms with van der Waals surface area (Å²) >= 11 is 0. The quantitative estimate of drug-likeness (QED) is 0.340. The summed E-state index contributed by atoms with van der Waals surface area (Å²) in [7, 11) is 1.52. The number of hydrogen-bond donors (Lipinski definition) is 2. The lowest BCUT2D eigenvalue weighted by molar-refractivity contribution is -0.138. The van der Waals surface area contributed by atoms with E-state index in [2.05, 4.69) is 10.6 Å². The van der Waals surface area contributed by atoms with Crippen molar-refractivity contribution in [1.29, 1.82) is 0 Å². The van der Waals surface area contributed by atoms with Crippen molar-refractivity contribution in [2.75, 3.05) is 13.7 Å². The molecule has 0 fully saturated rings. The molecule has 0 spiro atoms. The zero-order valence-corrected chi connectivity index (χ0v) is 25.5. The zero-order chi connectivity index (χ0) is 29.5. The minimum Gasteiger partial charge on any atom is -0.463 e. The summed E-state index contributed by atoms with van der Waals surface area (Å²) < 4.78 is 10.5. The average Bonchev–Trinajstić information content (AvgIpc) is 2.68. The van der Waals surface area contributed by atoms with E-state index in [1.807, 2.05) is 55.4 Å². The maximum absolute atomic E-state index is 13.6. The summed E-state index contributed by atoms with van der Waals surface area (Å²) in [6.07, 6.45) is 1.05. The van der Waals surface area contributed by atoms with Gasteiger partial charge in [-0.1, -0.05) is 61.5 Å². The molecule has 0 heterocycles. The van der Waals surface area contributed by atoms with E-state index < -0.39 is 52.5 Å². The number of ether oxygens (including phenoxy) is 2. The summed E-state index contributed by atoms with van der Waals surface area (Å²) in [5.41, 5.74) is -1.62. The molecular formula is C28H51N3O6. The van der Waals surface area contributed by atoms with E-state index in [1.165, 1.54) is 11.9 Å². The highest BCUT2D eigenvalue weighted by molar-refractivity contribution is 5.92. The number of carbonyl (C=O) groups is 4. The van der Waals surface area contributed by atoms with Gasteiger partial charge in [-0.3, -0.25) is 14.5 Å². The Hall–Kier alpha value is -2.58. The Kier molecular flexibility index (Phi) is 12.4. The molecule has 0 rings (SSSR count). The van der Waals surface area contributed by atoms with Gasteiger partial charge in [0.05, 0.1) is 12.6 Å². The second-order valence-electron chi connectivity index (χ2n) is 13.0. The van der Waals surface area contributed by atoms with Crippen LogP contribution in [0.25, 0.3) is 0 Å². The van der Waals surface area contributed by atoms with Gasteiger partial charge in [-0.2, -0.15) is 0 Å². The van der Waals surface area contributed by atoms with E-state index >= 15 is 0 Å². The molecule has 0 saturated heterocycles. The van der Waals surface area contributed by atoms with Gasteiger partial charge < -0.3 is 20.1 Å². The highest BCUT2D eigenvalue weighted by atomic mass is 16.6. The van der Waals surface area contributed by atoms with Crippen LogP contribution >= 0.6 is 0 Å². The molecule has 214 valence electrons. The fraction of sp³-hybridized carbons (Fsp3) is 0.786. The zero-order valence-electron chi connectivity index (χ0n) is 25.5. The van der Waals surface area contributed by atoms with Crippen molar-refractivity contribution in [3.05, 3.63) is 11.6 Å². The van der Waals surface area contributed by atoms with Gasteiger partial charge in [0.25, 0.3) is 0 Å². The predicted molar refractivity (Wildman–Crippen MR) is 146 cm³/mol. The molecule has 0 bridgehead atoms. The first-order valence-electron chi connectivity index (χ1n) is 12.9. The molecular weight excluding hydrogens is 474 g/mol. The van der Waals surface area contributed by atoms with Crippen molar-refractivity contribution in [2.45, 2.75) is 114 Å². The maximum Gasteiger partial charge on any atom is 0.410 e. The highest BCUT2D eigenvalue weighted by Crippen LogP contribution is 2.27. The van der Waals surface area contributed by atoms with Gasteiger partial charge in [-0.05, 0) is 51.4 Å². The second-order valence-corrected chi connectivity index (χ2v) is 13.0. The van der Waals surface area contributed by atoms with E-state index in [-0.39, 0.29) is 18.4 Å². The van der Waals surface area contributed by atoms with Crippen LogP contribution in [0.5, 0.6) is 0 Å². The lowest BCUT2D eigenvalue weighted by atomic mass is 9.82. The van der Waals surface area contributed by atoms with Crippen molar-refractivity contribution >= 4 is 23.9 Å². The Balaban J connectivity index is 6.06. The number of likely N-dealkylation sites (N-methyl/N-ethyl adjacent to an activating group) is 1. The smallest absolute Gasteiger partial charge is 0.410 e. The molecule has 37 heavy (non-hydrogen) atoms. The molecule has 9 heteroatoms. The van der Waals surface area contributed by atoms with Crippen LogP contribution in [0.4, 0.5) is 4.79 Å². The Bertz CT molecular complexity index is 843. The van der Waals surface area contributed by atoms with Gasteiger partial charge in [0.1, 0.15) is 17.7 Å². The van der Waals surface area contributed by atoms with Gasteiger partial charge >= 0.3 is 12.1 Å². The third-order valence-corrected chi connectivity index (χ3v) is 5.61. The third-order valence-electron chi connectivity index (χ3n) is 5.61. The van der Waals surface area contributed by atoms with Crippen LogP contribution in [0, 0.1) is 16.7 Å². The normalized spacial score (nSPS) is 15.4. The number of hydrogen-bond acceptors (Lipinski definition) is 6. The van der Waals surface area contributed by atoms with Crippen molar-refractivity contribution < 1.29 is 28.7 Å². The van der Waals surface area contributed by atoms with Gasteiger partial charge in [-0.15, -0.1) is 0 Å². The number of amides is 3. The lowest BCUT2D eigenvalue weighted by Gasteiger charge is -2.39. The Morgan fingerprint density at radius 1 is 0.865 bits per heavy atom. The first-order valence-corrected chi connectivity index (χ1v) is 12.9. The summed E-state index contributed by atoms with van der Waals surface area (Å²) in [5.74, 6) is -1.32. The fourth-order valence-corrected chi connectivity index (χ4v) is 3.72. The number of rotatable bonds is 9. The van der Waals surface area contributed by atoms with E-state index in [0.717, 1.165) is 0 Å². The van der Waals surface area contributed by atoms with E-state index in [4.69, 9.17) is 9.47 Å². The summed E-state index contributed by atoms with van der Waals surface area (Å²) in [6.45, 7) is 23.9. The molecule has 0 aliphatic rings. The SMILES string of the molecule is CCOC(=O)/C(C)=C/[C@@H](NC(=O)[C@@H](NC(=O)[C@@H](N(C)C(=O)OC(C)(C)C)C(C)(C)C)C(C)(C)C)C(C)C. The molecule has 0 aliphatic carbocycles. The number of nitrogens with zero attached hydrogens (tertiary/aromatic N) is 1. The molecule has 0 aromatic rings. The number of nitrogens with one attached hydrogen (secondary N) is 2. The molecule has 0 radical (unpaired) electrons. The monoisotopic (exact) mass is 525 g/mol. The molecule has 0 aliphatic heterocycles. The number of carbonyl (C=O) groups excluding carboxylic acids is 4. The van der Waals surface area contributed by atoms with Gasteiger partial charge in [0, 0.05) is 12.6 Å². The van der Waals surface area contributed by atoms with Gasteiger partial charge in [-0.25, -0.2) is 9.59 Å². The van der Waals surface area contributed by atoms with Crippen LogP contribution < -0.4 is 10.6 Å². The minimum atomic E-state index is -0.908. The molecule has 0 unspecified atom stereocenters. The summed E-state index contributed by atoms with van der Waals surface area (Å²) in [6, 6.07) is -2.26. The largest absolute Gasteiger partial charge is 0.463 e. The van der Waals surface area contributed by atoms with Crippen LogP contribution in [0.15, 0.2) is 11.6 Å². The van der Waals surface area contributed by atoms with Gasteiger partial charge in [0.2, 0.25) is 11.8 Å². The molecule has 0 saturated carbocycles. The topological polar surface area (TPSA) is 114 Å². The van der Waals surface area contributed by atoms with Crippen LogP contribution in [-0.2, 0) is 23.9 Å². The molecule has 9 nitrogen and oxygen atoms in total. The van der Waals surface area contributed by atoms with Crippen molar-refractivity contribution in [3.8, 4) is 0 Å². The Morgan fingerprint density at radius 2 is 1.38 bits per heavy atom. The van der Waals surface area contributed by atoms with Crippen molar-refractivity contribution in [1.82, 2.24) is 15.5 Å². The summed E-state index contributed by atoms with van der Waals surface area (Å²) in [5, 5.41) is 5.86. The third kappa shape index (κ3) is 11.6. The van der Waals surface area contributed by atoms with Crippen LogP contribution in [0.3, 0.4) is 0 Å². The Morgan fingerprint density at radius 3 is 1.76 bits per heavy atom. The lowest BCUT2D eigenvalue weighted by Crippen LogP contribution is -2.61. The molecule has 3 amide bonds. The molecule has 3 atom stereocenters. The van der Waals surface area contributed by atoms with Crippen molar-refractivity contribution in [3.63, 3.8) is 0 Å². The highest BCUT2D eigenvalue weighted by Gasteiger charge is 2.42. The van der Waals surface area contributed by atoms with Gasteiger partial charge in [0.15, 0.2) is 0 Å². The molecule has 0 aromatic carbocycles. The molecule has 2 N–H and O–H groups in total. The summed E-state index contributed by atoms with van der Waals surface area (Å²) in [4.78, 5) is 53.3. The van der Waals surface area contributed by atoms with Crippen LogP contribution in [0.2, 0.25) is 0 Å². The first kappa shape index (κ1) is 34.4. The van der Waals surface area contributed by atoms with Crippen molar-refractivity contribution in [2.24, 2.45) is 16.7 Å². The minimum absolute atomic E-state index is 0.0229. The first-order chi connectivity index (χ1) is 16.5. The average molecular weight is 526 g/mol. The fourth-order valence-electron chi connectivity index (χ4n) is 3.72. The second kappa shape index (κ2) is 13.3. The van der Waals surface area contributed by atoms with E-state index in [0.29, 0.717) is 5.57 Å².